The van der Waals surface area contributed by atoms with Gasteiger partial charge in [0.25, 0.3) is 0 Å². The molecule has 0 aliphatic carbocycles. The maximum atomic E-state index is 11.4. The normalized spacial score (nSPS) is 10.7. The van der Waals surface area contributed by atoms with Crippen LogP contribution in [-0.2, 0) is 33.8 Å². The van der Waals surface area contributed by atoms with Crippen LogP contribution < -0.4 is 14.8 Å². The molecular formula is C34H37NO5. The van der Waals surface area contributed by atoms with Crippen molar-refractivity contribution in [3.05, 3.63) is 114 Å². The third-order valence-corrected chi connectivity index (χ3v) is 6.44. The van der Waals surface area contributed by atoms with Crippen molar-refractivity contribution in [1.29, 1.82) is 0 Å². The van der Waals surface area contributed by atoms with E-state index >= 15 is 0 Å². The molecule has 0 fully saturated rings. The third-order valence-electron chi connectivity index (χ3n) is 6.44. The van der Waals surface area contributed by atoms with Gasteiger partial charge in [0, 0.05) is 30.8 Å². The summed E-state index contributed by atoms with van der Waals surface area (Å²) in [5.41, 5.74) is 6.44. The first-order valence-electron chi connectivity index (χ1n) is 13.6. The van der Waals surface area contributed by atoms with Gasteiger partial charge in [-0.1, -0.05) is 60.7 Å². The quantitative estimate of drug-likeness (QED) is 0.129. The fourth-order valence-electron chi connectivity index (χ4n) is 4.21. The molecule has 0 aliphatic heterocycles. The lowest BCUT2D eigenvalue weighted by Gasteiger charge is -2.15. The fraction of sp³-hybridized carbons (Fsp3) is 0.265. The molecule has 0 bridgehead atoms. The lowest BCUT2D eigenvalue weighted by molar-refractivity contribution is -0.140. The molecule has 0 aliphatic rings. The molecule has 4 aromatic carbocycles. The molecule has 0 heterocycles. The van der Waals surface area contributed by atoms with E-state index in [1.165, 1.54) is 7.11 Å². The highest BCUT2D eigenvalue weighted by Crippen LogP contribution is 2.33. The van der Waals surface area contributed by atoms with Crippen LogP contribution in [0, 0.1) is 0 Å². The Hall–Kier alpha value is -4.29. The number of hydrogen-bond acceptors (Lipinski definition) is 6. The van der Waals surface area contributed by atoms with Crippen LogP contribution in [0.3, 0.4) is 0 Å². The van der Waals surface area contributed by atoms with E-state index in [9.17, 15) is 4.79 Å². The predicted octanol–water partition coefficient (Wildman–Crippen LogP) is 7.07. The van der Waals surface area contributed by atoms with E-state index in [0.717, 1.165) is 45.0 Å². The molecule has 208 valence electrons. The lowest BCUT2D eigenvalue weighted by atomic mass is 10.0. The van der Waals surface area contributed by atoms with Gasteiger partial charge in [-0.15, -0.1) is 0 Å². The van der Waals surface area contributed by atoms with E-state index in [1.807, 2.05) is 67.6 Å². The first-order chi connectivity index (χ1) is 19.6. The minimum Gasteiger partial charge on any atom is -0.491 e. The number of benzene rings is 4. The smallest absolute Gasteiger partial charge is 0.305 e. The average Bonchev–Trinajstić information content (AvgIpc) is 3.01. The first-order valence-corrected chi connectivity index (χ1v) is 13.6. The number of ether oxygens (including phenoxy) is 4. The lowest BCUT2D eigenvalue weighted by Crippen LogP contribution is -2.06. The van der Waals surface area contributed by atoms with Gasteiger partial charge < -0.3 is 24.3 Å². The summed E-state index contributed by atoms with van der Waals surface area (Å²) in [4.78, 5) is 11.4. The number of methoxy groups -OCH3 is 1. The van der Waals surface area contributed by atoms with Gasteiger partial charge in [0.1, 0.15) is 24.7 Å². The molecule has 0 saturated heterocycles. The Morgan fingerprint density at radius 2 is 1.52 bits per heavy atom. The highest BCUT2D eigenvalue weighted by atomic mass is 16.5. The molecule has 0 unspecified atom stereocenters. The standard InChI is InChI=1S/C34H37NO5/c1-3-38-21-22-39-31-17-13-29(14-18-31)32-23-28(11-19-33(32)40-25-27-7-5-4-6-8-27)24-35-30-15-9-26(10-16-30)12-20-34(36)37-2/h4-11,13-19,23,35H,3,12,20-22,24-25H2,1-2H3. The van der Waals surface area contributed by atoms with Crippen molar-refractivity contribution in [2.75, 3.05) is 32.2 Å². The van der Waals surface area contributed by atoms with Crippen molar-refractivity contribution in [2.24, 2.45) is 0 Å². The molecular weight excluding hydrogens is 502 g/mol. The molecule has 0 aromatic heterocycles. The molecule has 4 rings (SSSR count). The number of carbonyl (C=O) groups is 1. The second kappa shape index (κ2) is 15.3. The second-order valence-corrected chi connectivity index (χ2v) is 9.30. The van der Waals surface area contributed by atoms with Gasteiger partial charge >= 0.3 is 5.97 Å². The monoisotopic (exact) mass is 539 g/mol. The van der Waals surface area contributed by atoms with Crippen molar-refractivity contribution in [3.8, 4) is 22.6 Å². The highest BCUT2D eigenvalue weighted by Gasteiger charge is 2.10. The summed E-state index contributed by atoms with van der Waals surface area (Å²) >= 11 is 0. The number of aryl methyl sites for hydroxylation is 1. The SMILES string of the molecule is CCOCCOc1ccc(-c2cc(CNc3ccc(CCC(=O)OC)cc3)ccc2OCc2ccccc2)cc1. The van der Waals surface area contributed by atoms with Gasteiger partial charge in [-0.05, 0) is 72.0 Å². The number of esters is 1. The molecule has 4 aromatic rings. The van der Waals surface area contributed by atoms with Crippen LogP contribution in [0.25, 0.3) is 11.1 Å². The van der Waals surface area contributed by atoms with Gasteiger partial charge in [-0.25, -0.2) is 0 Å². The summed E-state index contributed by atoms with van der Waals surface area (Å²) < 4.78 is 22.2. The number of nitrogens with one attached hydrogen (secondary N) is 1. The zero-order valence-corrected chi connectivity index (χ0v) is 23.2. The Labute approximate surface area is 236 Å². The molecule has 0 amide bonds. The van der Waals surface area contributed by atoms with Crippen molar-refractivity contribution in [1.82, 2.24) is 0 Å². The van der Waals surface area contributed by atoms with E-state index in [4.69, 9.17) is 18.9 Å². The Morgan fingerprint density at radius 1 is 0.775 bits per heavy atom. The molecule has 0 atom stereocenters. The van der Waals surface area contributed by atoms with E-state index in [2.05, 4.69) is 41.7 Å². The molecule has 6 nitrogen and oxygen atoms in total. The molecule has 0 saturated carbocycles. The molecule has 0 spiro atoms. The van der Waals surface area contributed by atoms with Crippen LogP contribution in [0.2, 0.25) is 0 Å². The zero-order valence-electron chi connectivity index (χ0n) is 23.2. The van der Waals surface area contributed by atoms with Crippen LogP contribution >= 0.6 is 0 Å². The van der Waals surface area contributed by atoms with Crippen LogP contribution in [0.4, 0.5) is 5.69 Å². The largest absolute Gasteiger partial charge is 0.491 e. The maximum absolute atomic E-state index is 11.4. The maximum Gasteiger partial charge on any atom is 0.305 e. The second-order valence-electron chi connectivity index (χ2n) is 9.30. The fourth-order valence-corrected chi connectivity index (χ4v) is 4.21. The van der Waals surface area contributed by atoms with Crippen molar-refractivity contribution in [3.63, 3.8) is 0 Å². The minimum atomic E-state index is -0.196. The van der Waals surface area contributed by atoms with Gasteiger partial charge in [0.05, 0.1) is 13.7 Å². The summed E-state index contributed by atoms with van der Waals surface area (Å²) in [7, 11) is 1.41. The Kier molecular flexibility index (Phi) is 11.0. The number of rotatable bonds is 15. The highest BCUT2D eigenvalue weighted by molar-refractivity contribution is 5.72. The third kappa shape index (κ3) is 8.89. The Balaban J connectivity index is 1.46. The van der Waals surface area contributed by atoms with E-state index in [-0.39, 0.29) is 5.97 Å². The van der Waals surface area contributed by atoms with Gasteiger partial charge in [0.15, 0.2) is 0 Å². The van der Waals surface area contributed by atoms with Crippen molar-refractivity contribution < 1.29 is 23.7 Å². The Morgan fingerprint density at radius 3 is 2.25 bits per heavy atom. The number of anilines is 1. The van der Waals surface area contributed by atoms with Gasteiger partial charge in [-0.3, -0.25) is 4.79 Å². The summed E-state index contributed by atoms with van der Waals surface area (Å²) in [6.45, 7) is 4.90. The Bertz CT molecular complexity index is 1320. The molecule has 1 N–H and O–H groups in total. The summed E-state index contributed by atoms with van der Waals surface area (Å²) in [5, 5.41) is 3.50. The number of carbonyl (C=O) groups excluding carboxylic acids is 1. The average molecular weight is 540 g/mol. The first kappa shape index (κ1) is 28.7. The van der Waals surface area contributed by atoms with Gasteiger partial charge in [0.2, 0.25) is 0 Å². The minimum absolute atomic E-state index is 0.196. The molecule has 0 radical (unpaired) electrons. The molecule has 40 heavy (non-hydrogen) atoms. The van der Waals surface area contributed by atoms with Crippen molar-refractivity contribution >= 4 is 11.7 Å². The zero-order chi connectivity index (χ0) is 28.0. The van der Waals surface area contributed by atoms with Crippen LogP contribution in [0.1, 0.15) is 30.0 Å². The topological polar surface area (TPSA) is 66.0 Å². The van der Waals surface area contributed by atoms with Crippen LogP contribution in [-0.4, -0.2) is 32.9 Å². The van der Waals surface area contributed by atoms with Crippen LogP contribution in [0.5, 0.6) is 11.5 Å². The van der Waals surface area contributed by atoms with Gasteiger partial charge in [-0.2, -0.15) is 0 Å². The van der Waals surface area contributed by atoms with Crippen molar-refractivity contribution in [2.45, 2.75) is 32.9 Å². The summed E-state index contributed by atoms with van der Waals surface area (Å²) in [6.07, 6.45) is 1.04. The van der Waals surface area contributed by atoms with E-state index in [0.29, 0.717) is 45.8 Å². The summed E-state index contributed by atoms with van der Waals surface area (Å²) in [5.74, 6) is 1.44. The number of hydrogen-bond donors (Lipinski definition) is 1. The van der Waals surface area contributed by atoms with Crippen LogP contribution in [0.15, 0.2) is 97.1 Å². The van der Waals surface area contributed by atoms with E-state index < -0.39 is 0 Å². The summed E-state index contributed by atoms with van der Waals surface area (Å²) in [6, 6.07) is 32.7. The molecule has 6 heteroatoms. The predicted molar refractivity (Wildman–Crippen MR) is 159 cm³/mol. The van der Waals surface area contributed by atoms with E-state index in [1.54, 1.807) is 0 Å².